The molecule has 0 aliphatic heterocycles. The molecule has 13 heavy (non-hydrogen) atoms. The van der Waals surface area contributed by atoms with E-state index in [0.717, 1.165) is 9.81 Å². The lowest BCUT2D eigenvalue weighted by atomic mass is 10.8. The summed E-state index contributed by atoms with van der Waals surface area (Å²) in [6, 6.07) is 0. The SMILES string of the molecule is [CH3][AlH][CH](C)[N]([AlH2])[AlH][CH](C)[N]([AlH2])[AlH][CH3]. The van der Waals surface area contributed by atoms with Crippen LogP contribution in [0.5, 0.6) is 0 Å². The fraction of sp³-hybridized carbons (Fsp3) is 1.00. The second-order valence-electron chi connectivity index (χ2n) is 4.12. The van der Waals surface area contributed by atoms with Crippen molar-refractivity contribution in [3.8, 4) is 0 Å². The van der Waals surface area contributed by atoms with Crippen molar-refractivity contribution in [3.63, 3.8) is 0 Å². The van der Waals surface area contributed by atoms with E-state index in [1.807, 2.05) is 0 Å². The Morgan fingerprint density at radius 2 is 1.54 bits per heavy atom. The molecule has 0 amide bonds. The first-order valence-corrected chi connectivity index (χ1v) is 12.9. The third-order valence-electron chi connectivity index (χ3n) is 3.15. The maximum atomic E-state index is 2.83. The van der Waals surface area contributed by atoms with Crippen LogP contribution in [-0.2, 0) is 0 Å². The summed E-state index contributed by atoms with van der Waals surface area (Å²) in [7, 11) is 0. The van der Waals surface area contributed by atoms with Gasteiger partial charge < -0.3 is 5.73 Å². The highest BCUT2D eigenvalue weighted by molar-refractivity contribution is 6.51. The van der Waals surface area contributed by atoms with Crippen LogP contribution in [0.1, 0.15) is 13.8 Å². The number of nitrogens with zero attached hydrogens (tertiary/aromatic N) is 2. The van der Waals surface area contributed by atoms with Gasteiger partial charge in [-0.1, -0.05) is 29.4 Å². The molecular formula is C6H21Al5N2. The molecule has 2 unspecified atom stereocenters. The molecule has 0 aromatic rings. The highest BCUT2D eigenvalue weighted by Crippen LogP contribution is 1.96. The first-order valence-electron chi connectivity index (χ1n) is 5.43. The number of hydrogen-bond acceptors (Lipinski definition) is 2. The maximum absolute atomic E-state index is 2.83. The molecule has 0 aliphatic carbocycles. The van der Waals surface area contributed by atoms with Gasteiger partial charge in [-0.25, -0.2) is 0 Å². The van der Waals surface area contributed by atoms with Crippen LogP contribution in [0, 0.1) is 0 Å². The van der Waals surface area contributed by atoms with Gasteiger partial charge in [-0.05, 0) is 0 Å². The third kappa shape index (κ3) is 6.69. The fourth-order valence-corrected chi connectivity index (χ4v) is 9.59. The molecule has 7 heteroatoms. The Morgan fingerprint density at radius 1 is 1.00 bits per heavy atom. The van der Waals surface area contributed by atoms with E-state index in [9.17, 15) is 0 Å². The maximum Gasteiger partial charge on any atom is 0.338 e. The summed E-state index contributed by atoms with van der Waals surface area (Å²) in [5, 5.41) is 0. The molecular weight excluding hydrogens is 235 g/mol. The van der Waals surface area contributed by atoms with Crippen molar-refractivity contribution in [2.24, 2.45) is 0 Å². The lowest BCUT2D eigenvalue weighted by molar-refractivity contribution is 0.589. The van der Waals surface area contributed by atoms with Crippen molar-refractivity contribution in [3.05, 3.63) is 0 Å². The standard InChI is InChI=1S/2C2H4N.2CH3.5Al.7H/c2*1-2-3;;;;;;;;;;;;;;/h2*2H,1H3;2*1H3;;;;;;;;;;;;. The van der Waals surface area contributed by atoms with E-state index in [1.54, 1.807) is 0 Å². The van der Waals surface area contributed by atoms with Crippen LogP contribution in [0.15, 0.2) is 0 Å². The van der Waals surface area contributed by atoms with Crippen LogP contribution in [0.4, 0.5) is 0 Å². The quantitative estimate of drug-likeness (QED) is 0.489. The molecule has 0 N–H and O–H groups in total. The molecule has 0 fully saturated rings. The zero-order chi connectivity index (χ0) is 10.4. The molecule has 0 heterocycles. The molecule has 70 valence electrons. The van der Waals surface area contributed by atoms with Gasteiger partial charge >= 0.3 is 30.9 Å². The van der Waals surface area contributed by atoms with E-state index in [1.165, 1.54) is 33.0 Å². The van der Waals surface area contributed by atoms with E-state index in [2.05, 4.69) is 31.2 Å². The van der Waals surface area contributed by atoms with Crippen LogP contribution in [0.2, 0.25) is 11.6 Å². The molecule has 0 radical (unpaired) electrons. The summed E-state index contributed by atoms with van der Waals surface area (Å²) in [4.78, 5) is 1.97. The molecule has 0 bridgehead atoms. The molecule has 0 aromatic heterocycles. The normalized spacial score (nSPS) is 15.5. The minimum absolute atomic E-state index is 0.0683. The van der Waals surface area contributed by atoms with Gasteiger partial charge in [0.05, 0.1) is 0 Å². The van der Waals surface area contributed by atoms with Gasteiger partial charge in [0.1, 0.15) is 0 Å². The van der Waals surface area contributed by atoms with Crippen LogP contribution in [0.25, 0.3) is 0 Å². The van der Waals surface area contributed by atoms with Crippen molar-refractivity contribution in [2.75, 3.05) is 0 Å². The molecule has 0 spiro atoms. The lowest BCUT2D eigenvalue weighted by Crippen LogP contribution is -2.48. The van der Waals surface area contributed by atoms with Gasteiger partial charge in [0, 0.05) is 0 Å². The summed E-state index contributed by atoms with van der Waals surface area (Å²) in [6.07, 6.45) is 0. The summed E-state index contributed by atoms with van der Waals surface area (Å²) in [6.45, 7) is 4.91. The van der Waals surface area contributed by atoms with Gasteiger partial charge in [-0.3, -0.25) is 0 Å². The Hall–Kier alpha value is 2.58. The Bertz CT molecular complexity index is 122. The first kappa shape index (κ1) is 15.6. The molecule has 0 aromatic carbocycles. The zero-order valence-electron chi connectivity index (χ0n) is 10.2. The monoisotopic (exact) mass is 256 g/mol. The molecule has 2 atom stereocenters. The van der Waals surface area contributed by atoms with Gasteiger partial charge in [0.2, 0.25) is 0 Å². The van der Waals surface area contributed by atoms with Crippen LogP contribution in [-0.4, -0.2) is 94.7 Å². The molecule has 0 aliphatic rings. The van der Waals surface area contributed by atoms with Gasteiger partial charge in [0.15, 0.2) is 0 Å². The molecule has 0 saturated carbocycles. The van der Waals surface area contributed by atoms with Gasteiger partial charge in [0.25, 0.3) is 48.2 Å². The molecule has 2 nitrogen and oxygen atoms in total. The summed E-state index contributed by atoms with van der Waals surface area (Å²) >= 11 is 3.05. The average Bonchev–Trinajstić information content (AvgIpc) is 2.14. The van der Waals surface area contributed by atoms with Crippen molar-refractivity contribution in [2.45, 2.75) is 35.2 Å². The Balaban J connectivity index is 3.83. The second-order valence-corrected chi connectivity index (χ2v) is 15.1. The van der Waals surface area contributed by atoms with E-state index in [4.69, 9.17) is 0 Å². The fourth-order valence-electron chi connectivity index (χ4n) is 1.36. The number of rotatable bonds is 6. The highest BCUT2D eigenvalue weighted by Gasteiger charge is 2.16. The minimum atomic E-state index is 0.0683. The van der Waals surface area contributed by atoms with Crippen LogP contribution >= 0.6 is 0 Å². The molecule has 0 rings (SSSR count). The minimum Gasteiger partial charge on any atom is -0.488 e. The van der Waals surface area contributed by atoms with Crippen LogP contribution < -0.4 is 0 Å². The van der Waals surface area contributed by atoms with Crippen molar-refractivity contribution in [1.82, 2.24) is 5.73 Å². The zero-order valence-corrected chi connectivity index (χ0v) is 18.4. The summed E-state index contributed by atoms with van der Waals surface area (Å²) in [5.74, 6) is 4.87. The van der Waals surface area contributed by atoms with Gasteiger partial charge in [-0.15, -0.1) is 5.79 Å². The largest absolute Gasteiger partial charge is 0.488 e. The predicted octanol–water partition coefficient (Wildman–Crippen LogP) is -2.39. The third-order valence-corrected chi connectivity index (χ3v) is 16.2. The van der Waals surface area contributed by atoms with Crippen molar-refractivity contribution in [1.29, 1.82) is 0 Å². The second kappa shape index (κ2) is 8.70. The molecule has 0 saturated heterocycles. The first-order chi connectivity index (χ1) is 6.02. The average molecular weight is 256 g/mol. The Morgan fingerprint density at radius 3 is 1.92 bits per heavy atom. The number of hydrogen-bond donors (Lipinski definition) is 0. The summed E-state index contributed by atoms with van der Waals surface area (Å²) in [5.41, 5.74) is 0. The van der Waals surface area contributed by atoms with Crippen molar-refractivity contribution < 1.29 is 0 Å². The Labute approximate surface area is 119 Å². The smallest absolute Gasteiger partial charge is 0.338 e. The lowest BCUT2D eigenvalue weighted by Gasteiger charge is -2.32. The van der Waals surface area contributed by atoms with Gasteiger partial charge in [-0.2, -0.15) is 0 Å². The predicted molar refractivity (Wildman–Crippen MR) is 72.9 cm³/mol. The van der Waals surface area contributed by atoms with Crippen LogP contribution in [0.3, 0.4) is 0 Å². The van der Waals surface area contributed by atoms with E-state index < -0.39 is 0 Å². The van der Waals surface area contributed by atoms with Crippen molar-refractivity contribution >= 4 is 79.1 Å². The highest BCUT2D eigenvalue weighted by atomic mass is 27.2. The van der Waals surface area contributed by atoms with E-state index >= 15 is 0 Å². The van der Waals surface area contributed by atoms with E-state index in [-0.39, 0.29) is 46.1 Å². The Kier molecular flexibility index (Phi) is 10.4. The van der Waals surface area contributed by atoms with E-state index in [0.29, 0.717) is 0 Å². The topological polar surface area (TPSA) is 6.48 Å². The summed E-state index contributed by atoms with van der Waals surface area (Å²) < 4.78 is 5.59.